The van der Waals surface area contributed by atoms with E-state index in [1.165, 1.54) is 26.7 Å². The van der Waals surface area contributed by atoms with E-state index in [1.54, 1.807) is 0 Å². The van der Waals surface area contributed by atoms with Crippen LogP contribution in [-0.4, -0.2) is 11.5 Å². The fourth-order valence-electron chi connectivity index (χ4n) is 2.16. The van der Waals surface area contributed by atoms with E-state index in [2.05, 4.69) is 50.4 Å². The second-order valence-electron chi connectivity index (χ2n) is 4.78. The second kappa shape index (κ2) is 6.83. The molecule has 0 spiro atoms. The van der Waals surface area contributed by atoms with E-state index in [0.717, 1.165) is 25.9 Å². The molecule has 19 heavy (non-hydrogen) atoms. The van der Waals surface area contributed by atoms with Gasteiger partial charge in [0, 0.05) is 17.8 Å². The first kappa shape index (κ1) is 14.2. The third-order valence-corrected chi connectivity index (χ3v) is 4.23. The van der Waals surface area contributed by atoms with E-state index < -0.39 is 0 Å². The van der Waals surface area contributed by atoms with E-state index in [4.69, 9.17) is 4.98 Å². The molecule has 0 unspecified atom stereocenters. The molecule has 0 amide bonds. The zero-order valence-electron chi connectivity index (χ0n) is 12.0. The summed E-state index contributed by atoms with van der Waals surface area (Å²) in [5, 5.41) is 4.63. The van der Waals surface area contributed by atoms with Gasteiger partial charge in [0.05, 0.1) is 10.7 Å². The van der Waals surface area contributed by atoms with Crippen LogP contribution < -0.4 is 5.32 Å². The molecule has 0 bridgehead atoms. The summed E-state index contributed by atoms with van der Waals surface area (Å²) in [7, 11) is 0. The van der Waals surface area contributed by atoms with Crippen LogP contribution in [0.1, 0.15) is 40.6 Å². The van der Waals surface area contributed by atoms with Gasteiger partial charge in [-0.25, -0.2) is 4.98 Å². The van der Waals surface area contributed by atoms with E-state index in [1.807, 2.05) is 11.3 Å². The molecule has 0 saturated heterocycles. The second-order valence-corrected chi connectivity index (χ2v) is 5.95. The van der Waals surface area contributed by atoms with Crippen LogP contribution in [0.5, 0.6) is 0 Å². The molecule has 2 aromatic rings. The Bertz CT molecular complexity index is 531. The summed E-state index contributed by atoms with van der Waals surface area (Å²) in [5.41, 5.74) is 3.93. The summed E-state index contributed by atoms with van der Waals surface area (Å²) in [6, 6.07) is 8.69. The van der Waals surface area contributed by atoms with Crippen LogP contribution in [0.4, 0.5) is 0 Å². The average Bonchev–Trinajstić information content (AvgIpc) is 2.78. The highest BCUT2D eigenvalue weighted by atomic mass is 32.1. The van der Waals surface area contributed by atoms with Crippen LogP contribution in [0.15, 0.2) is 24.3 Å². The maximum Gasteiger partial charge on any atom is 0.0975 e. The normalized spacial score (nSPS) is 10.9. The maximum absolute atomic E-state index is 4.79. The van der Waals surface area contributed by atoms with Crippen molar-refractivity contribution in [2.24, 2.45) is 0 Å². The molecule has 0 radical (unpaired) electrons. The summed E-state index contributed by atoms with van der Waals surface area (Å²) in [4.78, 5) is 6.18. The summed E-state index contributed by atoms with van der Waals surface area (Å²) >= 11 is 1.85. The highest BCUT2D eigenvalue weighted by molar-refractivity contribution is 7.11. The molecule has 1 aromatic heterocycles. The van der Waals surface area contributed by atoms with Gasteiger partial charge in [-0.05, 0) is 25.5 Å². The first-order valence-electron chi connectivity index (χ1n) is 6.96. The number of benzene rings is 1. The predicted molar refractivity (Wildman–Crippen MR) is 82.9 cm³/mol. The van der Waals surface area contributed by atoms with Crippen molar-refractivity contribution in [3.8, 4) is 0 Å². The largest absolute Gasteiger partial charge is 0.312 e. The lowest BCUT2D eigenvalue weighted by molar-refractivity contribution is 0.727. The SMILES string of the molecule is CCNCc1sc(Cc2cccc(C)c2)nc1CC. The molecule has 0 saturated carbocycles. The van der Waals surface area contributed by atoms with Crippen molar-refractivity contribution in [2.75, 3.05) is 6.54 Å². The fourth-order valence-corrected chi connectivity index (χ4v) is 3.32. The molecular weight excluding hydrogens is 252 g/mol. The van der Waals surface area contributed by atoms with E-state index in [9.17, 15) is 0 Å². The summed E-state index contributed by atoms with van der Waals surface area (Å²) < 4.78 is 0. The van der Waals surface area contributed by atoms with Crippen LogP contribution in [0.3, 0.4) is 0 Å². The van der Waals surface area contributed by atoms with Crippen LogP contribution in [-0.2, 0) is 19.4 Å². The Morgan fingerprint density at radius 1 is 1.26 bits per heavy atom. The number of aryl methyl sites for hydroxylation is 2. The molecule has 0 aliphatic carbocycles. The van der Waals surface area contributed by atoms with Gasteiger partial charge in [0.1, 0.15) is 0 Å². The van der Waals surface area contributed by atoms with Gasteiger partial charge in [-0.1, -0.05) is 43.7 Å². The highest BCUT2D eigenvalue weighted by Crippen LogP contribution is 2.22. The Hall–Kier alpha value is -1.19. The molecule has 2 rings (SSSR count). The number of rotatable bonds is 6. The van der Waals surface area contributed by atoms with Crippen molar-refractivity contribution >= 4 is 11.3 Å². The zero-order valence-corrected chi connectivity index (χ0v) is 12.8. The van der Waals surface area contributed by atoms with Gasteiger partial charge in [0.15, 0.2) is 0 Å². The Kier molecular flexibility index (Phi) is 5.11. The molecule has 3 heteroatoms. The molecule has 0 aliphatic rings. The number of nitrogens with zero attached hydrogens (tertiary/aromatic N) is 1. The van der Waals surface area contributed by atoms with Crippen LogP contribution in [0.25, 0.3) is 0 Å². The van der Waals surface area contributed by atoms with E-state index in [-0.39, 0.29) is 0 Å². The van der Waals surface area contributed by atoms with Gasteiger partial charge < -0.3 is 5.32 Å². The van der Waals surface area contributed by atoms with Gasteiger partial charge >= 0.3 is 0 Å². The van der Waals surface area contributed by atoms with Gasteiger partial charge in [0.2, 0.25) is 0 Å². The molecule has 0 atom stereocenters. The van der Waals surface area contributed by atoms with Gasteiger partial charge in [-0.2, -0.15) is 0 Å². The topological polar surface area (TPSA) is 24.9 Å². The van der Waals surface area contributed by atoms with Crippen molar-refractivity contribution in [3.63, 3.8) is 0 Å². The van der Waals surface area contributed by atoms with Gasteiger partial charge in [0.25, 0.3) is 0 Å². The lowest BCUT2D eigenvalue weighted by Crippen LogP contribution is -2.11. The Labute approximate surface area is 119 Å². The molecule has 1 N–H and O–H groups in total. The quantitative estimate of drug-likeness (QED) is 0.868. The van der Waals surface area contributed by atoms with Crippen molar-refractivity contribution in [1.82, 2.24) is 10.3 Å². The minimum Gasteiger partial charge on any atom is -0.312 e. The zero-order chi connectivity index (χ0) is 13.7. The Morgan fingerprint density at radius 3 is 2.79 bits per heavy atom. The molecule has 1 aromatic carbocycles. The number of aromatic nitrogens is 1. The third kappa shape index (κ3) is 3.88. The third-order valence-electron chi connectivity index (χ3n) is 3.13. The van der Waals surface area contributed by atoms with Gasteiger partial charge in [-0.3, -0.25) is 0 Å². The van der Waals surface area contributed by atoms with Crippen molar-refractivity contribution in [3.05, 3.63) is 51.0 Å². The van der Waals surface area contributed by atoms with Crippen molar-refractivity contribution in [1.29, 1.82) is 0 Å². The maximum atomic E-state index is 4.79. The van der Waals surface area contributed by atoms with Gasteiger partial charge in [-0.15, -0.1) is 11.3 Å². The number of hydrogen-bond donors (Lipinski definition) is 1. The standard InChI is InChI=1S/C16H22N2S/c1-4-14-15(11-17-5-2)19-16(18-14)10-13-8-6-7-12(3)9-13/h6-9,17H,4-5,10-11H2,1-3H3. The number of nitrogens with one attached hydrogen (secondary N) is 1. The highest BCUT2D eigenvalue weighted by Gasteiger charge is 2.09. The number of thiazole rings is 1. The van der Waals surface area contributed by atoms with Crippen molar-refractivity contribution in [2.45, 2.75) is 40.2 Å². The lowest BCUT2D eigenvalue weighted by atomic mass is 10.1. The smallest absolute Gasteiger partial charge is 0.0975 e. The number of hydrogen-bond acceptors (Lipinski definition) is 3. The van der Waals surface area contributed by atoms with Crippen LogP contribution >= 0.6 is 11.3 Å². The first-order valence-corrected chi connectivity index (χ1v) is 7.78. The molecule has 0 aliphatic heterocycles. The molecular formula is C16H22N2S. The minimum absolute atomic E-state index is 0.950. The summed E-state index contributed by atoms with van der Waals surface area (Å²) in [6.45, 7) is 8.42. The molecule has 1 heterocycles. The predicted octanol–water partition coefficient (Wildman–Crippen LogP) is 3.71. The average molecular weight is 274 g/mol. The Morgan fingerprint density at radius 2 is 2.11 bits per heavy atom. The summed E-state index contributed by atoms with van der Waals surface area (Å²) in [6.07, 6.45) is 1.97. The molecule has 2 nitrogen and oxygen atoms in total. The van der Waals surface area contributed by atoms with Crippen LogP contribution in [0.2, 0.25) is 0 Å². The van der Waals surface area contributed by atoms with E-state index >= 15 is 0 Å². The lowest BCUT2D eigenvalue weighted by Gasteiger charge is -1.99. The van der Waals surface area contributed by atoms with Crippen molar-refractivity contribution < 1.29 is 0 Å². The minimum atomic E-state index is 0.950. The Balaban J connectivity index is 2.14. The van der Waals surface area contributed by atoms with Crippen LogP contribution in [0, 0.1) is 6.92 Å². The first-order chi connectivity index (χ1) is 9.22. The summed E-state index contributed by atoms with van der Waals surface area (Å²) in [5.74, 6) is 0. The molecule has 0 fully saturated rings. The molecule has 102 valence electrons. The van der Waals surface area contributed by atoms with E-state index in [0.29, 0.717) is 0 Å². The monoisotopic (exact) mass is 274 g/mol. The fraction of sp³-hybridized carbons (Fsp3) is 0.438.